The second-order valence-corrected chi connectivity index (χ2v) is 7.75. The van der Waals surface area contributed by atoms with Crippen molar-refractivity contribution < 1.29 is 9.90 Å². The number of likely N-dealkylation sites (tertiary alicyclic amines) is 1. The third kappa shape index (κ3) is 4.10. The Labute approximate surface area is 145 Å². The van der Waals surface area contributed by atoms with Crippen molar-refractivity contribution in [2.75, 3.05) is 31.1 Å². The molecule has 0 saturated carbocycles. The number of carbonyl (C=O) groups is 1. The molecule has 1 aromatic carbocycles. The summed E-state index contributed by atoms with van der Waals surface area (Å²) < 4.78 is 0. The summed E-state index contributed by atoms with van der Waals surface area (Å²) in [5.41, 5.74) is 1.94. The monoisotopic (exact) mass is 330 g/mol. The zero-order valence-electron chi connectivity index (χ0n) is 14.9. The van der Waals surface area contributed by atoms with E-state index in [0.29, 0.717) is 11.8 Å². The first-order valence-corrected chi connectivity index (χ1v) is 9.35. The first kappa shape index (κ1) is 17.3. The molecule has 2 aliphatic heterocycles. The Kier molecular flexibility index (Phi) is 5.44. The summed E-state index contributed by atoms with van der Waals surface area (Å²) in [5.74, 6) is 1.44. The lowest BCUT2D eigenvalue weighted by molar-refractivity contribution is 0.0744. The van der Waals surface area contributed by atoms with Crippen molar-refractivity contribution in [3.63, 3.8) is 0 Å². The molecule has 4 nitrogen and oxygen atoms in total. The largest absolute Gasteiger partial charge is 0.393 e. The minimum Gasteiger partial charge on any atom is -0.393 e. The van der Waals surface area contributed by atoms with Crippen LogP contribution in [0, 0.1) is 11.8 Å². The summed E-state index contributed by atoms with van der Waals surface area (Å²) in [4.78, 5) is 17.1. The minimum atomic E-state index is -0.158. The number of rotatable bonds is 2. The van der Waals surface area contributed by atoms with E-state index in [4.69, 9.17) is 0 Å². The van der Waals surface area contributed by atoms with E-state index in [1.165, 1.54) is 6.42 Å². The SMILES string of the molecule is CC1CCN(C(=O)c2ccc(N3CCC(O)CC3)cc2)CC(C)C1. The van der Waals surface area contributed by atoms with Gasteiger partial charge in [-0.2, -0.15) is 0 Å². The number of aliphatic hydroxyl groups excluding tert-OH is 1. The first-order valence-electron chi connectivity index (χ1n) is 9.35. The van der Waals surface area contributed by atoms with Crippen molar-refractivity contribution in [3.05, 3.63) is 29.8 Å². The van der Waals surface area contributed by atoms with Gasteiger partial charge < -0.3 is 14.9 Å². The Morgan fingerprint density at radius 3 is 2.33 bits per heavy atom. The lowest BCUT2D eigenvalue weighted by atomic mass is 9.97. The molecule has 4 heteroatoms. The van der Waals surface area contributed by atoms with Crippen LogP contribution in [0.2, 0.25) is 0 Å². The third-order valence-corrected chi connectivity index (χ3v) is 5.46. The van der Waals surface area contributed by atoms with Gasteiger partial charge in [0.05, 0.1) is 6.10 Å². The van der Waals surface area contributed by atoms with E-state index in [-0.39, 0.29) is 12.0 Å². The van der Waals surface area contributed by atoms with Gasteiger partial charge in [0.2, 0.25) is 0 Å². The van der Waals surface area contributed by atoms with E-state index >= 15 is 0 Å². The fourth-order valence-corrected chi connectivity index (χ4v) is 4.03. The van der Waals surface area contributed by atoms with Gasteiger partial charge in [-0.25, -0.2) is 0 Å². The number of nitrogens with zero attached hydrogens (tertiary/aromatic N) is 2. The minimum absolute atomic E-state index is 0.158. The average molecular weight is 330 g/mol. The number of amides is 1. The fourth-order valence-electron chi connectivity index (χ4n) is 4.03. The average Bonchev–Trinajstić information content (AvgIpc) is 2.75. The van der Waals surface area contributed by atoms with E-state index in [0.717, 1.165) is 56.7 Å². The van der Waals surface area contributed by atoms with Crippen LogP contribution in [0.5, 0.6) is 0 Å². The Balaban J connectivity index is 1.65. The molecule has 2 unspecified atom stereocenters. The third-order valence-electron chi connectivity index (χ3n) is 5.46. The van der Waals surface area contributed by atoms with Crippen LogP contribution in [0.15, 0.2) is 24.3 Å². The van der Waals surface area contributed by atoms with Crippen LogP contribution >= 0.6 is 0 Å². The lowest BCUT2D eigenvalue weighted by Gasteiger charge is -2.31. The summed E-state index contributed by atoms with van der Waals surface area (Å²) in [6.07, 6.45) is 3.80. The van der Waals surface area contributed by atoms with E-state index < -0.39 is 0 Å². The lowest BCUT2D eigenvalue weighted by Crippen LogP contribution is -2.36. The van der Waals surface area contributed by atoms with Crippen LogP contribution in [0.4, 0.5) is 5.69 Å². The molecule has 24 heavy (non-hydrogen) atoms. The number of aliphatic hydroxyl groups is 1. The molecule has 2 atom stereocenters. The zero-order chi connectivity index (χ0) is 17.1. The standard InChI is InChI=1S/C20H30N2O2/c1-15-7-10-22(14-16(2)13-15)20(24)17-3-5-18(6-4-17)21-11-8-19(23)9-12-21/h3-6,15-16,19,23H,7-14H2,1-2H3. The molecule has 3 rings (SSSR count). The Morgan fingerprint density at radius 2 is 1.67 bits per heavy atom. The number of piperidine rings is 1. The number of carbonyl (C=O) groups excluding carboxylic acids is 1. The van der Waals surface area contributed by atoms with Gasteiger partial charge in [-0.3, -0.25) is 4.79 Å². The van der Waals surface area contributed by atoms with Gasteiger partial charge in [0.1, 0.15) is 0 Å². The van der Waals surface area contributed by atoms with Crippen molar-refractivity contribution in [3.8, 4) is 0 Å². The zero-order valence-corrected chi connectivity index (χ0v) is 14.9. The second-order valence-electron chi connectivity index (χ2n) is 7.75. The smallest absolute Gasteiger partial charge is 0.253 e. The Morgan fingerprint density at radius 1 is 1.00 bits per heavy atom. The molecular formula is C20H30N2O2. The van der Waals surface area contributed by atoms with Gasteiger partial charge in [-0.05, 0) is 61.8 Å². The molecule has 2 aliphatic rings. The highest BCUT2D eigenvalue weighted by atomic mass is 16.3. The predicted octanol–water partition coefficient (Wildman–Crippen LogP) is 3.16. The molecule has 0 radical (unpaired) electrons. The van der Waals surface area contributed by atoms with Crippen LogP contribution < -0.4 is 4.90 Å². The molecule has 2 saturated heterocycles. The normalized spacial score (nSPS) is 26.3. The first-order chi connectivity index (χ1) is 11.5. The molecule has 0 aliphatic carbocycles. The van der Waals surface area contributed by atoms with E-state index in [2.05, 4.69) is 30.9 Å². The highest BCUT2D eigenvalue weighted by Gasteiger charge is 2.24. The Bertz CT molecular complexity index is 549. The highest BCUT2D eigenvalue weighted by molar-refractivity contribution is 5.94. The van der Waals surface area contributed by atoms with E-state index in [1.807, 2.05) is 17.0 Å². The maximum absolute atomic E-state index is 12.8. The molecule has 1 amide bonds. The fraction of sp³-hybridized carbons (Fsp3) is 0.650. The molecule has 132 valence electrons. The molecule has 0 bridgehead atoms. The van der Waals surface area contributed by atoms with Gasteiger partial charge in [0, 0.05) is 37.4 Å². The number of benzene rings is 1. The van der Waals surface area contributed by atoms with Gasteiger partial charge in [-0.1, -0.05) is 13.8 Å². The van der Waals surface area contributed by atoms with Crippen LogP contribution in [0.25, 0.3) is 0 Å². The molecule has 0 spiro atoms. The molecule has 2 fully saturated rings. The highest BCUT2D eigenvalue weighted by Crippen LogP contribution is 2.24. The van der Waals surface area contributed by atoms with Gasteiger partial charge in [0.15, 0.2) is 0 Å². The van der Waals surface area contributed by atoms with Gasteiger partial charge in [0.25, 0.3) is 5.91 Å². The van der Waals surface area contributed by atoms with E-state index in [9.17, 15) is 9.90 Å². The van der Waals surface area contributed by atoms with Gasteiger partial charge >= 0.3 is 0 Å². The van der Waals surface area contributed by atoms with Crippen LogP contribution in [-0.2, 0) is 0 Å². The second kappa shape index (κ2) is 7.56. The number of anilines is 1. The van der Waals surface area contributed by atoms with Crippen LogP contribution in [0.1, 0.15) is 49.9 Å². The summed E-state index contributed by atoms with van der Waals surface area (Å²) in [7, 11) is 0. The van der Waals surface area contributed by atoms with Crippen molar-refractivity contribution in [1.82, 2.24) is 4.90 Å². The van der Waals surface area contributed by atoms with Crippen molar-refractivity contribution >= 4 is 11.6 Å². The van der Waals surface area contributed by atoms with E-state index in [1.54, 1.807) is 0 Å². The maximum Gasteiger partial charge on any atom is 0.253 e. The molecule has 1 N–H and O–H groups in total. The molecular weight excluding hydrogens is 300 g/mol. The molecule has 0 aromatic heterocycles. The quantitative estimate of drug-likeness (QED) is 0.906. The summed E-state index contributed by atoms with van der Waals surface area (Å²) in [6.45, 7) is 8.04. The summed E-state index contributed by atoms with van der Waals surface area (Å²) in [5, 5.41) is 9.62. The topological polar surface area (TPSA) is 43.8 Å². The predicted molar refractivity (Wildman–Crippen MR) is 97.4 cm³/mol. The molecule has 2 heterocycles. The summed E-state index contributed by atoms with van der Waals surface area (Å²) >= 11 is 0. The van der Waals surface area contributed by atoms with Crippen LogP contribution in [0.3, 0.4) is 0 Å². The van der Waals surface area contributed by atoms with Crippen molar-refractivity contribution in [2.45, 2.75) is 45.6 Å². The Hall–Kier alpha value is -1.55. The molecule has 1 aromatic rings. The summed E-state index contributed by atoms with van der Waals surface area (Å²) in [6, 6.07) is 8.02. The van der Waals surface area contributed by atoms with Gasteiger partial charge in [-0.15, -0.1) is 0 Å². The number of hydrogen-bond donors (Lipinski definition) is 1. The van der Waals surface area contributed by atoms with Crippen molar-refractivity contribution in [1.29, 1.82) is 0 Å². The van der Waals surface area contributed by atoms with Crippen LogP contribution in [-0.4, -0.2) is 48.2 Å². The van der Waals surface area contributed by atoms with Crippen molar-refractivity contribution in [2.24, 2.45) is 11.8 Å². The maximum atomic E-state index is 12.8. The number of hydrogen-bond acceptors (Lipinski definition) is 3.